The average molecular weight is 257 g/mol. The van der Waals surface area contributed by atoms with E-state index in [2.05, 4.69) is 24.1 Å². The third kappa shape index (κ3) is 2.18. The molecule has 1 aliphatic carbocycles. The lowest BCUT2D eigenvalue weighted by molar-refractivity contribution is 0.0952. The van der Waals surface area contributed by atoms with Crippen LogP contribution >= 0.6 is 0 Å². The van der Waals surface area contributed by atoms with Crippen LogP contribution in [0.4, 0.5) is 5.69 Å². The molecule has 1 amide bonds. The Morgan fingerprint density at radius 2 is 2.26 bits per heavy atom. The third-order valence-electron chi connectivity index (χ3n) is 4.18. The molecule has 4 heteroatoms. The Labute approximate surface area is 112 Å². The van der Waals surface area contributed by atoms with Gasteiger partial charge in [0.05, 0.1) is 5.56 Å². The first-order chi connectivity index (χ1) is 8.97. The highest BCUT2D eigenvalue weighted by Gasteiger charge is 2.45. The van der Waals surface area contributed by atoms with Crippen LogP contribution in [0, 0.1) is 11.3 Å². The van der Waals surface area contributed by atoms with Gasteiger partial charge in [-0.15, -0.1) is 0 Å². The average Bonchev–Trinajstić information content (AvgIpc) is 2.79. The van der Waals surface area contributed by atoms with Crippen molar-refractivity contribution in [2.75, 3.05) is 12.3 Å². The summed E-state index contributed by atoms with van der Waals surface area (Å²) < 4.78 is 0. The second-order valence-electron chi connectivity index (χ2n) is 6.11. The zero-order valence-electron chi connectivity index (χ0n) is 11.3. The molecule has 0 spiro atoms. The summed E-state index contributed by atoms with van der Waals surface area (Å²) in [6.07, 6.45) is 2.94. The first kappa shape index (κ1) is 12.1. The van der Waals surface area contributed by atoms with Gasteiger partial charge in [-0.05, 0) is 36.0 Å². The molecule has 0 radical (unpaired) electrons. The van der Waals surface area contributed by atoms with E-state index in [1.54, 1.807) is 6.20 Å². The van der Waals surface area contributed by atoms with Crippen LogP contribution in [0.3, 0.4) is 0 Å². The SMILES string of the molecule is CC1(C)CC1CNC(=O)c1c[nH]c2cc(N)ccc12. The summed E-state index contributed by atoms with van der Waals surface area (Å²) in [5.41, 5.74) is 8.40. The lowest BCUT2D eigenvalue weighted by Crippen LogP contribution is -2.26. The minimum Gasteiger partial charge on any atom is -0.399 e. The molecule has 19 heavy (non-hydrogen) atoms. The van der Waals surface area contributed by atoms with Crippen molar-refractivity contribution in [3.8, 4) is 0 Å². The molecule has 4 N–H and O–H groups in total. The summed E-state index contributed by atoms with van der Waals surface area (Å²) >= 11 is 0. The van der Waals surface area contributed by atoms with Gasteiger partial charge in [0.2, 0.25) is 0 Å². The Morgan fingerprint density at radius 1 is 1.53 bits per heavy atom. The van der Waals surface area contributed by atoms with Gasteiger partial charge in [-0.3, -0.25) is 4.79 Å². The molecule has 100 valence electrons. The fourth-order valence-electron chi connectivity index (χ4n) is 2.57. The third-order valence-corrected chi connectivity index (χ3v) is 4.18. The predicted octanol–water partition coefficient (Wildman–Crippen LogP) is 2.53. The first-order valence-corrected chi connectivity index (χ1v) is 6.62. The Kier molecular flexibility index (Phi) is 2.55. The fraction of sp³-hybridized carbons (Fsp3) is 0.400. The van der Waals surface area contributed by atoms with Gasteiger partial charge < -0.3 is 16.0 Å². The number of hydrogen-bond acceptors (Lipinski definition) is 2. The Hall–Kier alpha value is -1.97. The number of nitrogen functional groups attached to an aromatic ring is 1. The van der Waals surface area contributed by atoms with E-state index in [4.69, 9.17) is 5.73 Å². The monoisotopic (exact) mass is 257 g/mol. The summed E-state index contributed by atoms with van der Waals surface area (Å²) in [4.78, 5) is 15.3. The number of carbonyl (C=O) groups excluding carboxylic acids is 1. The van der Waals surface area contributed by atoms with Gasteiger partial charge in [-0.1, -0.05) is 13.8 Å². The van der Waals surface area contributed by atoms with Gasteiger partial charge in [0.15, 0.2) is 0 Å². The summed E-state index contributed by atoms with van der Waals surface area (Å²) in [6.45, 7) is 5.23. The zero-order chi connectivity index (χ0) is 13.6. The van der Waals surface area contributed by atoms with Crippen LogP contribution in [0.1, 0.15) is 30.6 Å². The van der Waals surface area contributed by atoms with E-state index in [1.807, 2.05) is 18.2 Å². The number of rotatable bonds is 3. The molecule has 1 aromatic heterocycles. The number of aromatic amines is 1. The van der Waals surface area contributed by atoms with Crippen LogP contribution in [0.15, 0.2) is 24.4 Å². The van der Waals surface area contributed by atoms with E-state index in [1.165, 1.54) is 6.42 Å². The van der Waals surface area contributed by atoms with Crippen LogP contribution in [0.5, 0.6) is 0 Å². The minimum atomic E-state index is -0.0151. The van der Waals surface area contributed by atoms with E-state index in [0.717, 1.165) is 17.4 Å². The number of nitrogens with one attached hydrogen (secondary N) is 2. The first-order valence-electron chi connectivity index (χ1n) is 6.62. The normalized spacial score (nSPS) is 20.4. The van der Waals surface area contributed by atoms with Crippen molar-refractivity contribution < 1.29 is 4.79 Å². The van der Waals surface area contributed by atoms with Gasteiger partial charge in [0.25, 0.3) is 5.91 Å². The number of benzene rings is 1. The maximum Gasteiger partial charge on any atom is 0.253 e. The largest absolute Gasteiger partial charge is 0.399 e. The van der Waals surface area contributed by atoms with Crippen molar-refractivity contribution >= 4 is 22.5 Å². The number of nitrogens with two attached hydrogens (primary N) is 1. The highest BCUT2D eigenvalue weighted by atomic mass is 16.1. The van der Waals surface area contributed by atoms with Crippen LogP contribution in [0.2, 0.25) is 0 Å². The summed E-state index contributed by atoms with van der Waals surface area (Å²) in [5.74, 6) is 0.594. The molecule has 1 unspecified atom stereocenters. The second-order valence-corrected chi connectivity index (χ2v) is 6.11. The predicted molar refractivity (Wildman–Crippen MR) is 76.9 cm³/mol. The molecule has 0 bridgehead atoms. The van der Waals surface area contributed by atoms with Crippen LogP contribution in [-0.2, 0) is 0 Å². The van der Waals surface area contributed by atoms with Crippen LogP contribution in [0.25, 0.3) is 10.9 Å². The van der Waals surface area contributed by atoms with E-state index >= 15 is 0 Å². The zero-order valence-corrected chi connectivity index (χ0v) is 11.3. The summed E-state index contributed by atoms with van der Waals surface area (Å²) in [6, 6.07) is 5.55. The smallest absolute Gasteiger partial charge is 0.253 e. The topological polar surface area (TPSA) is 70.9 Å². The molecule has 1 atom stereocenters. The molecule has 2 aromatic rings. The Morgan fingerprint density at radius 3 is 2.95 bits per heavy atom. The number of hydrogen-bond donors (Lipinski definition) is 3. The lowest BCUT2D eigenvalue weighted by Gasteiger charge is -2.06. The number of anilines is 1. The molecule has 0 saturated heterocycles. The van der Waals surface area contributed by atoms with Gasteiger partial charge in [-0.25, -0.2) is 0 Å². The molecule has 4 nitrogen and oxygen atoms in total. The van der Waals surface area contributed by atoms with Crippen molar-refractivity contribution in [2.45, 2.75) is 20.3 Å². The number of carbonyl (C=O) groups is 1. The van der Waals surface area contributed by atoms with Crippen molar-refractivity contribution in [3.05, 3.63) is 30.0 Å². The maximum atomic E-state index is 12.2. The van der Waals surface area contributed by atoms with Crippen molar-refractivity contribution in [1.82, 2.24) is 10.3 Å². The molecule has 0 aliphatic heterocycles. The van der Waals surface area contributed by atoms with E-state index in [-0.39, 0.29) is 5.91 Å². The molecule has 1 heterocycles. The van der Waals surface area contributed by atoms with Gasteiger partial charge in [0.1, 0.15) is 0 Å². The van der Waals surface area contributed by atoms with Crippen LogP contribution in [-0.4, -0.2) is 17.4 Å². The summed E-state index contributed by atoms with van der Waals surface area (Å²) in [5, 5.41) is 3.94. The van der Waals surface area contributed by atoms with Gasteiger partial charge in [-0.2, -0.15) is 0 Å². The van der Waals surface area contributed by atoms with Crippen LogP contribution < -0.4 is 11.1 Å². The van der Waals surface area contributed by atoms with Gasteiger partial charge in [0, 0.05) is 29.3 Å². The van der Waals surface area contributed by atoms with E-state index < -0.39 is 0 Å². The Bertz CT molecular complexity index is 642. The highest BCUT2D eigenvalue weighted by molar-refractivity contribution is 6.07. The number of fused-ring (bicyclic) bond motifs is 1. The number of aromatic nitrogens is 1. The highest BCUT2D eigenvalue weighted by Crippen LogP contribution is 2.51. The fourth-order valence-corrected chi connectivity index (χ4v) is 2.57. The molecule has 1 saturated carbocycles. The maximum absolute atomic E-state index is 12.2. The molecule has 1 fully saturated rings. The van der Waals surface area contributed by atoms with Gasteiger partial charge >= 0.3 is 0 Å². The quantitative estimate of drug-likeness (QED) is 0.739. The number of amides is 1. The minimum absolute atomic E-state index is 0.0151. The van der Waals surface area contributed by atoms with Crippen molar-refractivity contribution in [1.29, 1.82) is 0 Å². The second kappa shape index (κ2) is 4.02. The summed E-state index contributed by atoms with van der Waals surface area (Å²) in [7, 11) is 0. The standard InChI is InChI=1S/C15H19N3O/c1-15(2)6-9(15)7-18-14(19)12-8-17-13-5-10(16)3-4-11(12)13/h3-5,8-9,17H,6-7,16H2,1-2H3,(H,18,19). The molecule has 3 rings (SSSR count). The molecular weight excluding hydrogens is 238 g/mol. The molecule has 1 aromatic carbocycles. The lowest BCUT2D eigenvalue weighted by atomic mass is 10.1. The molecular formula is C15H19N3O. The van der Waals surface area contributed by atoms with Crippen molar-refractivity contribution in [2.24, 2.45) is 11.3 Å². The van der Waals surface area contributed by atoms with E-state index in [9.17, 15) is 4.79 Å². The van der Waals surface area contributed by atoms with E-state index in [0.29, 0.717) is 22.6 Å². The van der Waals surface area contributed by atoms with Crippen molar-refractivity contribution in [3.63, 3.8) is 0 Å². The Balaban J connectivity index is 1.75. The molecule has 1 aliphatic rings. The number of H-pyrrole nitrogens is 1.